The van der Waals surface area contributed by atoms with E-state index < -0.39 is 0 Å². The monoisotopic (exact) mass is 446 g/mol. The molecule has 6 rings (SSSR count). The first kappa shape index (κ1) is 20.5. The van der Waals surface area contributed by atoms with E-state index in [0.29, 0.717) is 18.2 Å². The number of para-hydroxylation sites is 3. The van der Waals surface area contributed by atoms with E-state index in [4.69, 9.17) is 4.74 Å². The van der Waals surface area contributed by atoms with Gasteiger partial charge in [0.05, 0.1) is 23.2 Å². The number of fused-ring (bicyclic) bond motifs is 2. The molecule has 4 heterocycles. The number of H-pyrrole nitrogens is 1. The molecule has 0 aliphatic carbocycles. The topological polar surface area (TPSA) is 70.6 Å². The fourth-order valence-electron chi connectivity index (χ4n) is 5.93. The molecule has 1 amide bonds. The number of likely N-dealkylation sites (tertiary alicyclic amines) is 2. The quantitative estimate of drug-likeness (QED) is 0.671. The molecule has 2 aromatic carbocycles. The lowest BCUT2D eigenvalue weighted by Gasteiger charge is -2.42. The number of aromatic nitrogens is 2. The number of carbonyl (C=O) groups is 1. The molecule has 3 aromatic rings. The molecule has 0 radical (unpaired) electrons. The first-order valence-corrected chi connectivity index (χ1v) is 12.2. The number of ether oxygens (including phenoxy) is 1. The summed E-state index contributed by atoms with van der Waals surface area (Å²) in [6.07, 6.45) is 4.85. The normalized spacial score (nSPS) is 20.2. The molecule has 3 aliphatic heterocycles. The van der Waals surface area contributed by atoms with E-state index >= 15 is 0 Å². The van der Waals surface area contributed by atoms with E-state index in [-0.39, 0.29) is 17.6 Å². The Morgan fingerprint density at radius 2 is 1.67 bits per heavy atom. The van der Waals surface area contributed by atoms with Gasteiger partial charge in [-0.15, -0.1) is 0 Å². The molecule has 0 atom stereocenters. The third-order valence-electron chi connectivity index (χ3n) is 7.70. The maximum absolute atomic E-state index is 13.2. The number of nitrogens with one attached hydrogen (secondary N) is 1. The average molecular weight is 447 g/mol. The molecular weight excluding hydrogens is 416 g/mol. The number of carbonyl (C=O) groups excluding carboxylic acids is 1. The van der Waals surface area contributed by atoms with Crippen LogP contribution < -0.4 is 10.4 Å². The minimum absolute atomic E-state index is 0.00199. The largest absolute Gasteiger partial charge is 0.492 e. The minimum atomic E-state index is -0.00199. The summed E-state index contributed by atoms with van der Waals surface area (Å²) in [7, 11) is 0. The van der Waals surface area contributed by atoms with Gasteiger partial charge in [-0.1, -0.05) is 24.3 Å². The zero-order valence-electron chi connectivity index (χ0n) is 18.8. The number of imidazole rings is 1. The van der Waals surface area contributed by atoms with Gasteiger partial charge in [0, 0.05) is 44.7 Å². The van der Waals surface area contributed by atoms with Crippen molar-refractivity contribution in [2.24, 2.45) is 0 Å². The van der Waals surface area contributed by atoms with Crippen LogP contribution in [0.3, 0.4) is 0 Å². The van der Waals surface area contributed by atoms with Crippen molar-refractivity contribution in [3.63, 3.8) is 0 Å². The second kappa shape index (κ2) is 8.37. The molecule has 0 spiro atoms. The highest BCUT2D eigenvalue weighted by atomic mass is 16.5. The van der Waals surface area contributed by atoms with Crippen LogP contribution in [0.2, 0.25) is 0 Å². The Hall–Kier alpha value is -3.06. The fraction of sp³-hybridized carbons (Fsp3) is 0.462. The summed E-state index contributed by atoms with van der Waals surface area (Å²) in [4.78, 5) is 33.3. The molecule has 0 unspecified atom stereocenters. The van der Waals surface area contributed by atoms with Crippen molar-refractivity contribution < 1.29 is 9.53 Å². The van der Waals surface area contributed by atoms with Gasteiger partial charge >= 0.3 is 5.69 Å². The number of nitrogens with zero attached hydrogens (tertiary/aromatic N) is 3. The number of hydrogen-bond acceptors (Lipinski definition) is 4. The van der Waals surface area contributed by atoms with Crippen molar-refractivity contribution in [2.75, 3.05) is 32.8 Å². The second-order valence-electron chi connectivity index (χ2n) is 9.50. The van der Waals surface area contributed by atoms with Crippen molar-refractivity contribution in [3.05, 3.63) is 64.1 Å². The number of piperidine rings is 2. The second-order valence-corrected chi connectivity index (χ2v) is 9.50. The van der Waals surface area contributed by atoms with Crippen LogP contribution in [0.25, 0.3) is 11.0 Å². The van der Waals surface area contributed by atoms with Crippen LogP contribution in [0, 0.1) is 0 Å². The van der Waals surface area contributed by atoms with E-state index in [1.54, 1.807) is 0 Å². The van der Waals surface area contributed by atoms with Crippen LogP contribution in [-0.2, 0) is 6.42 Å². The number of benzene rings is 2. The van der Waals surface area contributed by atoms with Crippen LogP contribution >= 0.6 is 0 Å². The van der Waals surface area contributed by atoms with Gasteiger partial charge in [-0.2, -0.15) is 0 Å². The Morgan fingerprint density at radius 1 is 0.909 bits per heavy atom. The highest BCUT2D eigenvalue weighted by molar-refractivity contribution is 5.97. The highest BCUT2D eigenvalue weighted by Crippen LogP contribution is 2.32. The summed E-state index contributed by atoms with van der Waals surface area (Å²) in [5.74, 6) is 0.892. The van der Waals surface area contributed by atoms with Crippen LogP contribution in [0.5, 0.6) is 5.75 Å². The van der Waals surface area contributed by atoms with Gasteiger partial charge < -0.3 is 19.5 Å². The predicted molar refractivity (Wildman–Crippen MR) is 127 cm³/mol. The van der Waals surface area contributed by atoms with Crippen molar-refractivity contribution in [2.45, 2.75) is 44.2 Å². The highest BCUT2D eigenvalue weighted by Gasteiger charge is 2.32. The Labute approximate surface area is 192 Å². The van der Waals surface area contributed by atoms with Crippen molar-refractivity contribution in [3.8, 4) is 5.75 Å². The molecule has 0 bridgehead atoms. The van der Waals surface area contributed by atoms with Gasteiger partial charge in [0.2, 0.25) is 0 Å². The van der Waals surface area contributed by atoms with Crippen LogP contribution in [0.15, 0.2) is 47.3 Å². The molecule has 172 valence electrons. The zero-order chi connectivity index (χ0) is 22.4. The van der Waals surface area contributed by atoms with Gasteiger partial charge in [0.15, 0.2) is 0 Å². The third-order valence-corrected chi connectivity index (χ3v) is 7.70. The van der Waals surface area contributed by atoms with Crippen molar-refractivity contribution >= 4 is 16.9 Å². The fourth-order valence-corrected chi connectivity index (χ4v) is 5.93. The molecule has 7 heteroatoms. The number of amides is 1. The summed E-state index contributed by atoms with van der Waals surface area (Å²) in [5, 5.41) is 0. The van der Waals surface area contributed by atoms with E-state index in [1.807, 2.05) is 45.9 Å². The summed E-state index contributed by atoms with van der Waals surface area (Å²) >= 11 is 0. The molecule has 3 aliphatic rings. The van der Waals surface area contributed by atoms with Gasteiger partial charge in [-0.25, -0.2) is 4.79 Å². The minimum Gasteiger partial charge on any atom is -0.492 e. The Bertz CT molecular complexity index is 1230. The Morgan fingerprint density at radius 3 is 2.48 bits per heavy atom. The predicted octanol–water partition coefficient (Wildman–Crippen LogP) is 3.21. The van der Waals surface area contributed by atoms with Gasteiger partial charge in [-0.05, 0) is 49.4 Å². The van der Waals surface area contributed by atoms with E-state index in [0.717, 1.165) is 80.6 Å². The summed E-state index contributed by atoms with van der Waals surface area (Å²) < 4.78 is 7.70. The van der Waals surface area contributed by atoms with Crippen LogP contribution in [-0.4, -0.2) is 64.1 Å². The summed E-state index contributed by atoms with van der Waals surface area (Å²) in [6, 6.07) is 14.6. The van der Waals surface area contributed by atoms with E-state index in [1.165, 1.54) is 0 Å². The standard InChI is InChI=1S/C26H30N4O3/c31-25(21-5-3-4-18-12-17-33-24(18)21)29-15-8-19(9-16-29)28-13-10-20(11-14-28)30-23-7-2-1-6-22(23)27-26(30)32/h1-7,19-20H,8-17H2,(H,27,32). The van der Waals surface area contributed by atoms with Gasteiger partial charge in [-0.3, -0.25) is 9.36 Å². The van der Waals surface area contributed by atoms with Gasteiger partial charge in [0.1, 0.15) is 5.75 Å². The summed E-state index contributed by atoms with van der Waals surface area (Å²) in [6.45, 7) is 4.23. The molecule has 2 saturated heterocycles. The molecule has 33 heavy (non-hydrogen) atoms. The molecule has 1 aromatic heterocycles. The lowest BCUT2D eigenvalue weighted by molar-refractivity contribution is 0.0555. The number of hydrogen-bond donors (Lipinski definition) is 1. The van der Waals surface area contributed by atoms with Crippen molar-refractivity contribution in [1.29, 1.82) is 0 Å². The smallest absolute Gasteiger partial charge is 0.326 e. The Kier molecular flexibility index (Phi) is 5.21. The van der Waals surface area contributed by atoms with Crippen LogP contribution in [0.1, 0.15) is 47.6 Å². The number of rotatable bonds is 3. The van der Waals surface area contributed by atoms with E-state index in [9.17, 15) is 9.59 Å². The molecular formula is C26H30N4O3. The average Bonchev–Trinajstić information content (AvgIpc) is 3.47. The third kappa shape index (κ3) is 3.64. The lowest BCUT2D eigenvalue weighted by Crippen LogP contribution is -2.49. The number of aromatic amines is 1. The SMILES string of the molecule is O=C(c1cccc2c1OCC2)N1CCC(N2CCC(n3c(=O)[nH]c4ccccc43)CC2)CC1. The molecule has 7 nitrogen and oxygen atoms in total. The van der Waals surface area contributed by atoms with E-state index in [2.05, 4.69) is 16.0 Å². The maximum Gasteiger partial charge on any atom is 0.326 e. The van der Waals surface area contributed by atoms with Crippen LogP contribution in [0.4, 0.5) is 0 Å². The maximum atomic E-state index is 13.2. The summed E-state index contributed by atoms with van der Waals surface area (Å²) in [5.41, 5.74) is 3.78. The lowest BCUT2D eigenvalue weighted by atomic mass is 9.97. The molecule has 2 fully saturated rings. The zero-order valence-corrected chi connectivity index (χ0v) is 18.8. The Balaban J connectivity index is 1.07. The first-order valence-electron chi connectivity index (χ1n) is 12.2. The first-order chi connectivity index (χ1) is 16.2. The molecule has 0 saturated carbocycles. The molecule has 1 N–H and O–H groups in total. The van der Waals surface area contributed by atoms with Gasteiger partial charge in [0.25, 0.3) is 5.91 Å². The van der Waals surface area contributed by atoms with Crippen molar-refractivity contribution in [1.82, 2.24) is 19.4 Å².